The molecule has 0 fully saturated rings. The predicted octanol–water partition coefficient (Wildman–Crippen LogP) is 3.12. The van der Waals surface area contributed by atoms with Crippen LogP contribution in [-0.4, -0.2) is 28.0 Å². The molecule has 1 aromatic heterocycles. The normalized spacial score (nSPS) is 15.9. The number of carbonyl (C=O) groups excluding carboxylic acids is 1. The Kier molecular flexibility index (Phi) is 4.60. The molecule has 0 bridgehead atoms. The summed E-state index contributed by atoms with van der Waals surface area (Å²) < 4.78 is 12.9. The molecule has 7 nitrogen and oxygen atoms in total. The number of ether oxygens (including phenoxy) is 2. The number of hydrogen-bond acceptors (Lipinski definition) is 5. The standard InChI is InChI=1S/C20H20N4O3/c1-13-3-7-15(8-4-13)21-20(25)19-17-12-27-18(11-24(17)23-22-19)14-5-9-16(26-2)10-6-14/h3-10,18H,11-12H2,1-2H3,(H,21,25)/t18-/m0/s1. The van der Waals surface area contributed by atoms with E-state index < -0.39 is 0 Å². The molecule has 0 saturated heterocycles. The van der Waals surface area contributed by atoms with E-state index in [9.17, 15) is 4.79 Å². The van der Waals surface area contributed by atoms with Crippen LogP contribution in [0.3, 0.4) is 0 Å². The van der Waals surface area contributed by atoms with Gasteiger partial charge in [0.15, 0.2) is 5.69 Å². The number of carbonyl (C=O) groups is 1. The second kappa shape index (κ2) is 7.20. The summed E-state index contributed by atoms with van der Waals surface area (Å²) in [5, 5.41) is 11.1. The average molecular weight is 364 g/mol. The van der Waals surface area contributed by atoms with Crippen molar-refractivity contribution in [2.24, 2.45) is 0 Å². The highest BCUT2D eigenvalue weighted by Crippen LogP contribution is 2.28. The SMILES string of the molecule is COc1ccc([C@@H]2Cn3nnc(C(=O)Nc4ccc(C)cc4)c3CO2)cc1. The van der Waals surface area contributed by atoms with E-state index in [0.29, 0.717) is 17.9 Å². The molecule has 1 N–H and O–H groups in total. The van der Waals surface area contributed by atoms with E-state index in [2.05, 4.69) is 15.6 Å². The lowest BCUT2D eigenvalue weighted by molar-refractivity contribution is -0.00173. The number of nitrogens with one attached hydrogen (secondary N) is 1. The molecule has 7 heteroatoms. The van der Waals surface area contributed by atoms with Crippen molar-refractivity contribution in [1.29, 1.82) is 0 Å². The van der Waals surface area contributed by atoms with Gasteiger partial charge in [0, 0.05) is 5.69 Å². The van der Waals surface area contributed by atoms with Crippen LogP contribution in [-0.2, 0) is 17.9 Å². The highest BCUT2D eigenvalue weighted by Gasteiger charge is 2.27. The molecule has 0 aliphatic carbocycles. The van der Waals surface area contributed by atoms with Crippen LogP contribution in [0.2, 0.25) is 0 Å². The molecule has 1 amide bonds. The van der Waals surface area contributed by atoms with E-state index in [4.69, 9.17) is 9.47 Å². The lowest BCUT2D eigenvalue weighted by Crippen LogP contribution is -2.24. The summed E-state index contributed by atoms with van der Waals surface area (Å²) in [4.78, 5) is 12.6. The summed E-state index contributed by atoms with van der Waals surface area (Å²) in [7, 11) is 1.64. The number of nitrogens with zero attached hydrogens (tertiary/aromatic N) is 3. The largest absolute Gasteiger partial charge is 0.497 e. The van der Waals surface area contributed by atoms with Crippen LogP contribution in [0.1, 0.15) is 33.4 Å². The topological polar surface area (TPSA) is 78.3 Å². The van der Waals surface area contributed by atoms with Crippen LogP contribution in [0.25, 0.3) is 0 Å². The van der Waals surface area contributed by atoms with Gasteiger partial charge in [-0.1, -0.05) is 35.0 Å². The molecule has 2 aromatic carbocycles. The maximum absolute atomic E-state index is 12.6. The van der Waals surface area contributed by atoms with Crippen molar-refractivity contribution in [2.45, 2.75) is 26.2 Å². The summed E-state index contributed by atoms with van der Waals surface area (Å²) in [6.07, 6.45) is -0.141. The van der Waals surface area contributed by atoms with Crippen molar-refractivity contribution >= 4 is 11.6 Å². The van der Waals surface area contributed by atoms with Gasteiger partial charge >= 0.3 is 0 Å². The zero-order chi connectivity index (χ0) is 18.8. The first kappa shape index (κ1) is 17.2. The van der Waals surface area contributed by atoms with E-state index >= 15 is 0 Å². The third-order valence-corrected chi connectivity index (χ3v) is 4.61. The van der Waals surface area contributed by atoms with E-state index in [-0.39, 0.29) is 18.6 Å². The van der Waals surface area contributed by atoms with Gasteiger partial charge in [-0.3, -0.25) is 4.79 Å². The summed E-state index contributed by atoms with van der Waals surface area (Å²) in [6, 6.07) is 15.3. The van der Waals surface area contributed by atoms with Crippen molar-refractivity contribution in [1.82, 2.24) is 15.0 Å². The van der Waals surface area contributed by atoms with Crippen LogP contribution in [0, 0.1) is 6.92 Å². The molecular weight excluding hydrogens is 344 g/mol. The van der Waals surface area contributed by atoms with Crippen LogP contribution in [0.15, 0.2) is 48.5 Å². The number of aryl methyl sites for hydroxylation is 1. The molecule has 0 saturated carbocycles. The molecular formula is C20H20N4O3. The third kappa shape index (κ3) is 3.54. The Hall–Kier alpha value is -3.19. The quantitative estimate of drug-likeness (QED) is 0.770. The number of anilines is 1. The van der Waals surface area contributed by atoms with Crippen LogP contribution in [0.4, 0.5) is 5.69 Å². The van der Waals surface area contributed by atoms with Gasteiger partial charge in [-0.05, 0) is 36.8 Å². The number of amides is 1. The molecule has 2 heterocycles. The fourth-order valence-electron chi connectivity index (χ4n) is 3.04. The number of methoxy groups -OCH3 is 1. The van der Waals surface area contributed by atoms with E-state index in [1.54, 1.807) is 11.8 Å². The minimum atomic E-state index is -0.286. The maximum atomic E-state index is 12.6. The number of hydrogen-bond donors (Lipinski definition) is 1. The molecule has 1 aliphatic heterocycles. The minimum absolute atomic E-state index is 0.141. The Labute approximate surface area is 156 Å². The highest BCUT2D eigenvalue weighted by atomic mass is 16.5. The molecule has 1 atom stereocenters. The summed E-state index contributed by atoms with van der Waals surface area (Å²) in [5.41, 5.74) is 3.86. The van der Waals surface area contributed by atoms with Crippen LogP contribution < -0.4 is 10.1 Å². The molecule has 1 aliphatic rings. The maximum Gasteiger partial charge on any atom is 0.278 e. The van der Waals surface area contributed by atoms with Gasteiger partial charge in [0.1, 0.15) is 11.9 Å². The lowest BCUT2D eigenvalue weighted by Gasteiger charge is -2.24. The number of fused-ring (bicyclic) bond motifs is 1. The third-order valence-electron chi connectivity index (χ3n) is 4.61. The van der Waals surface area contributed by atoms with Crippen molar-refractivity contribution < 1.29 is 14.3 Å². The van der Waals surface area contributed by atoms with Gasteiger partial charge in [0.25, 0.3) is 5.91 Å². The Morgan fingerprint density at radius 2 is 1.93 bits per heavy atom. The zero-order valence-electron chi connectivity index (χ0n) is 15.2. The molecule has 138 valence electrons. The fraction of sp³-hybridized carbons (Fsp3) is 0.250. The summed E-state index contributed by atoms with van der Waals surface area (Å²) in [6.45, 7) is 2.78. The molecule has 4 rings (SSSR count). The van der Waals surface area contributed by atoms with Gasteiger partial charge in [-0.25, -0.2) is 4.68 Å². The zero-order valence-corrected chi connectivity index (χ0v) is 15.2. The predicted molar refractivity (Wildman–Crippen MR) is 99.7 cm³/mol. The van der Waals surface area contributed by atoms with Crippen molar-refractivity contribution in [3.8, 4) is 5.75 Å². The lowest BCUT2D eigenvalue weighted by atomic mass is 10.1. The molecule has 3 aromatic rings. The first-order valence-corrected chi connectivity index (χ1v) is 8.70. The van der Waals surface area contributed by atoms with Gasteiger partial charge in [0.2, 0.25) is 0 Å². The van der Waals surface area contributed by atoms with E-state index in [0.717, 1.165) is 22.6 Å². The number of benzene rings is 2. The Balaban J connectivity index is 1.49. The smallest absolute Gasteiger partial charge is 0.278 e. The average Bonchev–Trinajstić information content (AvgIpc) is 3.13. The Morgan fingerprint density at radius 3 is 2.63 bits per heavy atom. The van der Waals surface area contributed by atoms with Crippen molar-refractivity contribution in [2.75, 3.05) is 12.4 Å². The van der Waals surface area contributed by atoms with Gasteiger partial charge in [-0.15, -0.1) is 5.10 Å². The second-order valence-corrected chi connectivity index (χ2v) is 6.46. The second-order valence-electron chi connectivity index (χ2n) is 6.46. The van der Waals surface area contributed by atoms with E-state index in [1.165, 1.54) is 0 Å². The molecule has 0 spiro atoms. The van der Waals surface area contributed by atoms with Crippen LogP contribution in [0.5, 0.6) is 5.75 Å². The Morgan fingerprint density at radius 1 is 1.19 bits per heavy atom. The van der Waals surface area contributed by atoms with E-state index in [1.807, 2.05) is 55.5 Å². The van der Waals surface area contributed by atoms with Gasteiger partial charge < -0.3 is 14.8 Å². The monoisotopic (exact) mass is 364 g/mol. The van der Waals surface area contributed by atoms with Crippen LogP contribution >= 0.6 is 0 Å². The van der Waals surface area contributed by atoms with Gasteiger partial charge in [-0.2, -0.15) is 0 Å². The van der Waals surface area contributed by atoms with Crippen molar-refractivity contribution in [3.63, 3.8) is 0 Å². The Bertz CT molecular complexity index is 948. The molecule has 0 unspecified atom stereocenters. The van der Waals surface area contributed by atoms with Gasteiger partial charge in [0.05, 0.1) is 26.0 Å². The fourth-order valence-corrected chi connectivity index (χ4v) is 3.04. The summed E-state index contributed by atoms with van der Waals surface area (Å²) >= 11 is 0. The first-order valence-electron chi connectivity index (χ1n) is 8.70. The number of aromatic nitrogens is 3. The molecule has 0 radical (unpaired) electrons. The minimum Gasteiger partial charge on any atom is -0.497 e. The number of rotatable bonds is 4. The van der Waals surface area contributed by atoms with Crippen molar-refractivity contribution in [3.05, 3.63) is 71.0 Å². The molecule has 27 heavy (non-hydrogen) atoms. The first-order chi connectivity index (χ1) is 13.1. The summed E-state index contributed by atoms with van der Waals surface area (Å²) in [5.74, 6) is 0.512. The highest BCUT2D eigenvalue weighted by molar-refractivity contribution is 6.03.